The molecule has 0 spiro atoms. The van der Waals surface area contributed by atoms with Crippen LogP contribution in [-0.4, -0.2) is 0 Å². The summed E-state index contributed by atoms with van der Waals surface area (Å²) in [6.07, 6.45) is 4.67. The second-order valence-electron chi connectivity index (χ2n) is 6.18. The quantitative estimate of drug-likeness (QED) is 0.210. The Morgan fingerprint density at radius 1 is 0.821 bits per heavy atom. The zero-order valence-electron chi connectivity index (χ0n) is 14.9. The van der Waals surface area contributed by atoms with Gasteiger partial charge >= 0.3 is 0 Å². The topological polar surface area (TPSA) is 0 Å². The van der Waals surface area contributed by atoms with Crippen molar-refractivity contribution in [3.63, 3.8) is 0 Å². The Kier molecular flexibility index (Phi) is 5.79. The average Bonchev–Trinajstić information content (AvgIpc) is 2.69. The highest BCUT2D eigenvalue weighted by atomic mass is 19.2. The van der Waals surface area contributed by atoms with Gasteiger partial charge in [-0.25, -0.2) is 22.0 Å². The predicted octanol–water partition coefficient (Wildman–Crippen LogP) is 6.44. The fourth-order valence-corrected chi connectivity index (χ4v) is 2.81. The van der Waals surface area contributed by atoms with Gasteiger partial charge in [-0.3, -0.25) is 0 Å². The number of hydrogen-bond acceptors (Lipinski definition) is 0. The first-order chi connectivity index (χ1) is 13.4. The minimum atomic E-state index is -1.54. The SMILES string of the molecule is C/C=C/CCc1ccc(C#Cc2ccc3c(F)c(F)c(F)cc3c2)c(F)c1F. The molecular formula is C23H15F5. The molecule has 0 nitrogen and oxygen atoms in total. The third-order valence-electron chi connectivity index (χ3n) is 4.29. The number of allylic oxidation sites excluding steroid dienone is 2. The van der Waals surface area contributed by atoms with Crippen LogP contribution < -0.4 is 0 Å². The van der Waals surface area contributed by atoms with Gasteiger partial charge in [0.05, 0.1) is 5.56 Å². The fraction of sp³-hybridized carbons (Fsp3) is 0.130. The van der Waals surface area contributed by atoms with Crippen LogP contribution >= 0.6 is 0 Å². The standard InChI is InChI=1S/C23H15F5/c1-2-3-4-5-15-9-10-16(21(26)20(15)25)8-6-14-7-11-18-17(12-14)13-19(24)23(28)22(18)27/h2-3,7,9-13H,4-5H2,1H3/b3-2+. The minimum Gasteiger partial charge on any atom is -0.204 e. The Morgan fingerprint density at radius 3 is 2.36 bits per heavy atom. The summed E-state index contributed by atoms with van der Waals surface area (Å²) in [4.78, 5) is 0. The van der Waals surface area contributed by atoms with E-state index in [1.165, 1.54) is 30.3 Å². The Morgan fingerprint density at radius 2 is 1.61 bits per heavy atom. The van der Waals surface area contributed by atoms with Crippen molar-refractivity contribution in [3.8, 4) is 11.8 Å². The molecule has 0 radical (unpaired) electrons. The van der Waals surface area contributed by atoms with Crippen molar-refractivity contribution in [3.05, 3.63) is 94.3 Å². The van der Waals surface area contributed by atoms with Crippen molar-refractivity contribution < 1.29 is 22.0 Å². The molecular weight excluding hydrogens is 371 g/mol. The Hall–Kier alpha value is -3.13. The van der Waals surface area contributed by atoms with Gasteiger partial charge in [-0.05, 0) is 55.0 Å². The van der Waals surface area contributed by atoms with E-state index in [1.54, 1.807) is 0 Å². The molecule has 0 heterocycles. The van der Waals surface area contributed by atoms with Gasteiger partial charge in [-0.2, -0.15) is 0 Å². The fourth-order valence-electron chi connectivity index (χ4n) is 2.81. The monoisotopic (exact) mass is 386 g/mol. The molecule has 3 aromatic rings. The molecule has 0 fully saturated rings. The molecule has 0 atom stereocenters. The van der Waals surface area contributed by atoms with E-state index in [-0.39, 0.29) is 21.9 Å². The lowest BCUT2D eigenvalue weighted by Crippen LogP contribution is -1.97. The zero-order chi connectivity index (χ0) is 20.3. The van der Waals surface area contributed by atoms with Crippen LogP contribution in [-0.2, 0) is 6.42 Å². The highest BCUT2D eigenvalue weighted by Gasteiger charge is 2.14. The largest absolute Gasteiger partial charge is 0.204 e. The summed E-state index contributed by atoms with van der Waals surface area (Å²) in [6.45, 7) is 1.85. The summed E-state index contributed by atoms with van der Waals surface area (Å²) in [5.74, 6) is -0.936. The molecule has 3 rings (SSSR count). The van der Waals surface area contributed by atoms with Crippen LogP contribution in [0.15, 0.2) is 48.6 Å². The van der Waals surface area contributed by atoms with Gasteiger partial charge in [-0.15, -0.1) is 0 Å². The number of hydrogen-bond donors (Lipinski definition) is 0. The lowest BCUT2D eigenvalue weighted by atomic mass is 10.0. The molecule has 0 aromatic heterocycles. The van der Waals surface area contributed by atoms with Gasteiger partial charge in [0.1, 0.15) is 0 Å². The van der Waals surface area contributed by atoms with E-state index in [0.29, 0.717) is 18.4 Å². The molecule has 0 aliphatic rings. The third-order valence-corrected chi connectivity index (χ3v) is 4.29. The average molecular weight is 386 g/mol. The molecule has 0 amide bonds. The molecule has 0 bridgehead atoms. The highest BCUT2D eigenvalue weighted by molar-refractivity contribution is 5.84. The number of fused-ring (bicyclic) bond motifs is 1. The van der Waals surface area contributed by atoms with Gasteiger partial charge in [0.2, 0.25) is 0 Å². The first kappa shape index (κ1) is 19.6. The number of aryl methyl sites for hydroxylation is 1. The maximum Gasteiger partial charge on any atom is 0.195 e. The smallest absolute Gasteiger partial charge is 0.195 e. The van der Waals surface area contributed by atoms with E-state index in [2.05, 4.69) is 11.8 Å². The predicted molar refractivity (Wildman–Crippen MR) is 99.3 cm³/mol. The molecule has 142 valence electrons. The van der Waals surface area contributed by atoms with Crippen molar-refractivity contribution in [1.29, 1.82) is 0 Å². The maximum atomic E-state index is 14.2. The Bertz CT molecular complexity index is 1130. The molecule has 0 saturated heterocycles. The van der Waals surface area contributed by atoms with Gasteiger partial charge in [0.15, 0.2) is 29.1 Å². The molecule has 3 aromatic carbocycles. The normalized spacial score (nSPS) is 11.1. The van der Waals surface area contributed by atoms with Crippen LogP contribution in [0, 0.1) is 40.9 Å². The Labute approximate surface area is 159 Å². The lowest BCUT2D eigenvalue weighted by Gasteiger charge is -2.04. The van der Waals surface area contributed by atoms with Gasteiger partial charge in [-0.1, -0.05) is 36.1 Å². The van der Waals surface area contributed by atoms with Gasteiger partial charge < -0.3 is 0 Å². The van der Waals surface area contributed by atoms with E-state index >= 15 is 0 Å². The maximum absolute atomic E-state index is 14.2. The molecule has 0 unspecified atom stereocenters. The van der Waals surface area contributed by atoms with Crippen molar-refractivity contribution in [2.75, 3.05) is 0 Å². The Balaban J connectivity index is 1.93. The van der Waals surface area contributed by atoms with Crippen LogP contribution in [0.5, 0.6) is 0 Å². The van der Waals surface area contributed by atoms with E-state index in [4.69, 9.17) is 0 Å². The highest BCUT2D eigenvalue weighted by Crippen LogP contribution is 2.24. The summed E-state index contributed by atoms with van der Waals surface area (Å²) < 4.78 is 68.8. The molecule has 28 heavy (non-hydrogen) atoms. The van der Waals surface area contributed by atoms with Crippen LogP contribution in [0.2, 0.25) is 0 Å². The second-order valence-corrected chi connectivity index (χ2v) is 6.18. The van der Waals surface area contributed by atoms with Crippen LogP contribution in [0.1, 0.15) is 30.0 Å². The van der Waals surface area contributed by atoms with Gasteiger partial charge in [0, 0.05) is 10.9 Å². The minimum absolute atomic E-state index is 0.0906. The van der Waals surface area contributed by atoms with Crippen molar-refractivity contribution in [2.45, 2.75) is 19.8 Å². The first-order valence-corrected chi connectivity index (χ1v) is 8.59. The lowest BCUT2D eigenvalue weighted by molar-refractivity contribution is 0.453. The van der Waals surface area contributed by atoms with E-state index in [0.717, 1.165) is 6.07 Å². The summed E-state index contributed by atoms with van der Waals surface area (Å²) in [7, 11) is 0. The molecule has 0 aliphatic heterocycles. The number of rotatable bonds is 3. The summed E-state index contributed by atoms with van der Waals surface area (Å²) in [6, 6.07) is 7.76. The van der Waals surface area contributed by atoms with E-state index in [1.807, 2.05) is 19.1 Å². The second kappa shape index (κ2) is 8.26. The van der Waals surface area contributed by atoms with Crippen LogP contribution in [0.25, 0.3) is 10.8 Å². The van der Waals surface area contributed by atoms with E-state index < -0.39 is 29.1 Å². The first-order valence-electron chi connectivity index (χ1n) is 8.59. The van der Waals surface area contributed by atoms with Gasteiger partial charge in [0.25, 0.3) is 0 Å². The van der Waals surface area contributed by atoms with E-state index in [9.17, 15) is 22.0 Å². The molecule has 0 N–H and O–H groups in total. The van der Waals surface area contributed by atoms with Crippen molar-refractivity contribution in [2.24, 2.45) is 0 Å². The number of benzene rings is 3. The summed E-state index contributed by atoms with van der Waals surface area (Å²) >= 11 is 0. The summed E-state index contributed by atoms with van der Waals surface area (Å²) in [5, 5.41) is 0.0290. The zero-order valence-corrected chi connectivity index (χ0v) is 14.9. The van der Waals surface area contributed by atoms with Crippen LogP contribution in [0.4, 0.5) is 22.0 Å². The number of halogens is 5. The third kappa shape index (κ3) is 3.91. The van der Waals surface area contributed by atoms with Crippen molar-refractivity contribution >= 4 is 10.8 Å². The molecule has 5 heteroatoms. The van der Waals surface area contributed by atoms with Crippen molar-refractivity contribution in [1.82, 2.24) is 0 Å². The van der Waals surface area contributed by atoms with Crippen LogP contribution in [0.3, 0.4) is 0 Å². The molecule has 0 aliphatic carbocycles. The summed E-state index contributed by atoms with van der Waals surface area (Å²) in [5.41, 5.74) is 0.471. The molecule has 0 saturated carbocycles.